The molecule has 0 aliphatic carbocycles. The van der Waals surface area contributed by atoms with Crippen LogP contribution >= 0.6 is 11.3 Å². The van der Waals surface area contributed by atoms with Gasteiger partial charge in [-0.15, -0.1) is 46.2 Å². The van der Waals surface area contributed by atoms with Crippen LogP contribution in [-0.4, -0.2) is 5.43 Å². The molecule has 0 saturated carbocycles. The Bertz CT molecular complexity index is 1020. The average molecular weight is 482 g/mol. The first-order valence-corrected chi connectivity index (χ1v) is 16.7. The fraction of sp³-hybridized carbons (Fsp3) is 0.280. The maximum Gasteiger partial charge on any atom is -0.00957 e. The Labute approximate surface area is 189 Å². The van der Waals surface area contributed by atoms with Crippen LogP contribution in [0.1, 0.15) is 27.8 Å². The third kappa shape index (κ3) is 5.99. The van der Waals surface area contributed by atoms with Gasteiger partial charge in [0, 0.05) is 0 Å². The van der Waals surface area contributed by atoms with Gasteiger partial charge in [0.2, 0.25) is 0 Å². The number of fused-ring (bicyclic) bond motifs is 1. The Morgan fingerprint density at radius 1 is 0.786 bits per heavy atom. The first-order valence-electron chi connectivity index (χ1n) is 9.63. The van der Waals surface area contributed by atoms with E-state index in [1.54, 1.807) is 23.3 Å². The second kappa shape index (κ2) is 10.7. The standard InChI is InChI=1S/C14H11S.C9H13.C2H6Si.Zr/c1-10-9-11-5-2-3-6-12(11)14(10)13-7-4-8-15-13;1-6-5-7(2)9(4)8(6)3;1-3-2;/h2-9H,1H3;5H,1-4H3;1-2H3;/q2*-1;;+2. The van der Waals surface area contributed by atoms with E-state index in [1.807, 2.05) is 11.3 Å². The largest absolute Gasteiger partial charge is 0.196 e. The van der Waals surface area contributed by atoms with Gasteiger partial charge < -0.3 is 0 Å². The first-order chi connectivity index (χ1) is 13.2. The van der Waals surface area contributed by atoms with Gasteiger partial charge >= 0.3 is 41.9 Å². The predicted octanol–water partition coefficient (Wildman–Crippen LogP) is 8.02. The maximum absolute atomic E-state index is 2.31. The molecule has 0 amide bonds. The van der Waals surface area contributed by atoms with Crippen LogP contribution in [0.25, 0.3) is 21.2 Å². The summed E-state index contributed by atoms with van der Waals surface area (Å²) in [5, 5.41) is 4.85. The van der Waals surface area contributed by atoms with Gasteiger partial charge in [0.05, 0.1) is 0 Å². The third-order valence-corrected chi connectivity index (χ3v) is 5.83. The Morgan fingerprint density at radius 2 is 1.36 bits per heavy atom. The minimum absolute atomic E-state index is 0.210. The molecule has 0 unspecified atom stereocenters. The zero-order valence-electron chi connectivity index (χ0n) is 18.1. The molecule has 0 aliphatic heterocycles. The fourth-order valence-corrected chi connectivity index (χ4v) is 4.10. The Hall–Kier alpha value is -1.02. The number of benzene rings is 1. The summed E-state index contributed by atoms with van der Waals surface area (Å²) in [6.07, 6.45) is 0. The molecule has 3 heteroatoms. The quantitative estimate of drug-likeness (QED) is 0.191. The van der Waals surface area contributed by atoms with Gasteiger partial charge in [-0.1, -0.05) is 52.8 Å². The van der Waals surface area contributed by atoms with Crippen LogP contribution in [0.3, 0.4) is 0 Å². The van der Waals surface area contributed by atoms with Crippen molar-refractivity contribution in [3.8, 4) is 10.4 Å². The van der Waals surface area contributed by atoms with Crippen molar-refractivity contribution in [2.45, 2.75) is 47.7 Å². The van der Waals surface area contributed by atoms with Gasteiger partial charge in [-0.3, -0.25) is 0 Å². The van der Waals surface area contributed by atoms with Crippen LogP contribution in [0.4, 0.5) is 0 Å². The van der Waals surface area contributed by atoms with E-state index in [4.69, 9.17) is 0 Å². The molecule has 0 spiro atoms. The minimum Gasteiger partial charge on any atom is -0.196 e. The van der Waals surface area contributed by atoms with E-state index in [-0.39, 0.29) is 5.43 Å². The van der Waals surface area contributed by atoms with Gasteiger partial charge in [-0.25, -0.2) is 0 Å². The molecule has 4 aromatic rings. The molecule has 4 rings (SSSR count). The topological polar surface area (TPSA) is 0 Å². The van der Waals surface area contributed by atoms with Crippen molar-refractivity contribution in [3.63, 3.8) is 0 Å². The number of aryl methyl sites for hydroxylation is 3. The normalized spacial score (nSPS) is 10.2. The first kappa shape index (κ1) is 23.3. The second-order valence-corrected chi connectivity index (χ2v) is 17.8. The summed E-state index contributed by atoms with van der Waals surface area (Å²) in [4.78, 5) is 1.37. The number of hydrogen-bond acceptors (Lipinski definition) is 1. The van der Waals surface area contributed by atoms with E-state index in [9.17, 15) is 0 Å². The summed E-state index contributed by atoms with van der Waals surface area (Å²) in [6, 6.07) is 17.4. The molecule has 1 heterocycles. The smallest absolute Gasteiger partial charge is 0.00957 e. The predicted molar refractivity (Wildman–Crippen MR) is 126 cm³/mol. The zero-order chi connectivity index (χ0) is 20.8. The SMILES string of the molecule is C[Si](C)=[Zr+2].Cc1[cH-]c(C)c(C)c1C.Cc1[cH-]c2ccccc2c1-c1cccs1. The van der Waals surface area contributed by atoms with Gasteiger partial charge in [0.15, 0.2) is 0 Å². The van der Waals surface area contributed by atoms with Crippen molar-refractivity contribution in [1.82, 2.24) is 0 Å². The van der Waals surface area contributed by atoms with E-state index in [1.165, 1.54) is 49.0 Å². The van der Waals surface area contributed by atoms with Crippen LogP contribution in [-0.2, 0) is 23.3 Å². The van der Waals surface area contributed by atoms with Gasteiger partial charge in [-0.05, 0) is 10.3 Å². The third-order valence-electron chi connectivity index (χ3n) is 4.94. The van der Waals surface area contributed by atoms with Gasteiger partial charge in [-0.2, -0.15) is 39.7 Å². The molecular formula is C25H30SSiZr. The average Bonchev–Trinajstić information content (AvgIpc) is 3.31. The molecule has 0 N–H and O–H groups in total. The van der Waals surface area contributed by atoms with Crippen molar-refractivity contribution in [1.29, 1.82) is 0 Å². The molecule has 0 nitrogen and oxygen atoms in total. The van der Waals surface area contributed by atoms with Crippen molar-refractivity contribution < 1.29 is 23.3 Å². The molecule has 0 bridgehead atoms. The molecule has 28 heavy (non-hydrogen) atoms. The van der Waals surface area contributed by atoms with E-state index < -0.39 is 0 Å². The van der Waals surface area contributed by atoms with Gasteiger partial charge in [0.25, 0.3) is 0 Å². The molecular weight excluding hydrogens is 452 g/mol. The van der Waals surface area contributed by atoms with E-state index >= 15 is 0 Å². The molecule has 0 saturated heterocycles. The van der Waals surface area contributed by atoms with E-state index in [0.717, 1.165) is 0 Å². The summed E-state index contributed by atoms with van der Waals surface area (Å²) in [5.41, 5.74) is 8.73. The van der Waals surface area contributed by atoms with Crippen LogP contribution in [0.15, 0.2) is 53.9 Å². The fourth-order valence-electron chi connectivity index (χ4n) is 3.25. The van der Waals surface area contributed by atoms with Crippen LogP contribution in [0.5, 0.6) is 0 Å². The van der Waals surface area contributed by atoms with Crippen molar-refractivity contribution >= 4 is 27.5 Å². The summed E-state index contributed by atoms with van der Waals surface area (Å²) in [6.45, 7) is 15.5. The summed E-state index contributed by atoms with van der Waals surface area (Å²) in [7, 11) is 0. The van der Waals surface area contributed by atoms with Crippen LogP contribution in [0, 0.1) is 34.6 Å². The monoisotopic (exact) mass is 480 g/mol. The molecule has 1 aromatic heterocycles. The minimum atomic E-state index is 0.210. The number of hydrogen-bond donors (Lipinski definition) is 0. The van der Waals surface area contributed by atoms with Crippen molar-refractivity contribution in [3.05, 3.63) is 81.7 Å². The Morgan fingerprint density at radius 3 is 1.82 bits per heavy atom. The molecule has 0 radical (unpaired) electrons. The van der Waals surface area contributed by atoms with Crippen LogP contribution < -0.4 is 0 Å². The Kier molecular flexibility index (Phi) is 8.86. The molecule has 0 aliphatic rings. The van der Waals surface area contributed by atoms with Crippen LogP contribution in [0.2, 0.25) is 13.1 Å². The van der Waals surface area contributed by atoms with Crippen molar-refractivity contribution in [2.24, 2.45) is 0 Å². The summed E-state index contributed by atoms with van der Waals surface area (Å²) >= 11 is 3.55. The number of thiophene rings is 1. The van der Waals surface area contributed by atoms with Gasteiger partial charge in [0.1, 0.15) is 0 Å². The van der Waals surface area contributed by atoms with E-state index in [0.29, 0.717) is 0 Å². The number of rotatable bonds is 1. The maximum atomic E-state index is 2.31. The van der Waals surface area contributed by atoms with Crippen molar-refractivity contribution in [2.75, 3.05) is 0 Å². The molecule has 0 atom stereocenters. The van der Waals surface area contributed by atoms with E-state index in [2.05, 4.69) is 102 Å². The molecule has 144 valence electrons. The zero-order valence-corrected chi connectivity index (χ0v) is 22.4. The molecule has 3 aromatic carbocycles. The summed E-state index contributed by atoms with van der Waals surface area (Å²) < 4.78 is 0. The molecule has 0 fully saturated rings. The Balaban J connectivity index is 0.000000184. The summed E-state index contributed by atoms with van der Waals surface area (Å²) in [5.74, 6) is 0. The second-order valence-electron chi connectivity index (χ2n) is 7.53.